The van der Waals surface area contributed by atoms with Crippen LogP contribution in [0.5, 0.6) is 0 Å². The third-order valence-corrected chi connectivity index (χ3v) is 2.76. The van der Waals surface area contributed by atoms with Crippen molar-refractivity contribution < 1.29 is 0 Å². The maximum absolute atomic E-state index is 2.31. The van der Waals surface area contributed by atoms with E-state index in [0.717, 1.165) is 0 Å². The topological polar surface area (TPSA) is 0 Å². The third-order valence-electron chi connectivity index (χ3n) is 2.76. The molecule has 1 atom stereocenters. The van der Waals surface area contributed by atoms with Crippen molar-refractivity contribution in [2.24, 2.45) is 5.92 Å². The molecule has 0 aromatic heterocycles. The average Bonchev–Trinajstić information content (AvgIpc) is 2.13. The molecule has 0 saturated heterocycles. The van der Waals surface area contributed by atoms with Gasteiger partial charge < -0.3 is 0 Å². The van der Waals surface area contributed by atoms with E-state index in [1.807, 2.05) is 0 Å². The van der Waals surface area contributed by atoms with E-state index in [1.165, 1.54) is 19.3 Å². The minimum Gasteiger partial charge on any atom is -0.0916 e. The van der Waals surface area contributed by atoms with Crippen molar-refractivity contribution in [3.63, 3.8) is 0 Å². The van der Waals surface area contributed by atoms with Crippen LogP contribution in [0.4, 0.5) is 0 Å². The molecular formula is C13H24. The van der Waals surface area contributed by atoms with Crippen LogP contribution in [-0.4, -0.2) is 0 Å². The molecule has 0 saturated carbocycles. The van der Waals surface area contributed by atoms with E-state index in [4.69, 9.17) is 0 Å². The van der Waals surface area contributed by atoms with Gasteiger partial charge in [-0.2, -0.15) is 0 Å². The van der Waals surface area contributed by atoms with E-state index in [9.17, 15) is 0 Å². The molecule has 0 amide bonds. The summed E-state index contributed by atoms with van der Waals surface area (Å²) in [5, 5.41) is 0. The second-order valence-electron chi connectivity index (χ2n) is 3.92. The highest BCUT2D eigenvalue weighted by molar-refractivity contribution is 5.13. The van der Waals surface area contributed by atoms with Crippen molar-refractivity contribution in [2.75, 3.05) is 0 Å². The summed E-state index contributed by atoms with van der Waals surface area (Å²) in [6, 6.07) is 0. The van der Waals surface area contributed by atoms with E-state index in [2.05, 4.69) is 46.8 Å². The molecule has 0 heteroatoms. The molecule has 0 fully saturated rings. The third kappa shape index (κ3) is 4.92. The SMILES string of the molecule is CC=CCC(C)C(C)=C(C)CCC. The van der Waals surface area contributed by atoms with Gasteiger partial charge in [0, 0.05) is 0 Å². The van der Waals surface area contributed by atoms with Gasteiger partial charge in [-0.1, -0.05) is 43.6 Å². The lowest BCUT2D eigenvalue weighted by Gasteiger charge is -2.13. The van der Waals surface area contributed by atoms with E-state index < -0.39 is 0 Å². The first kappa shape index (κ1) is 12.5. The molecule has 0 aliphatic rings. The molecule has 0 nitrogen and oxygen atoms in total. The van der Waals surface area contributed by atoms with Crippen LogP contribution in [-0.2, 0) is 0 Å². The van der Waals surface area contributed by atoms with Gasteiger partial charge in [0.05, 0.1) is 0 Å². The minimum absolute atomic E-state index is 0.711. The molecule has 0 aliphatic heterocycles. The first-order valence-corrected chi connectivity index (χ1v) is 5.40. The summed E-state index contributed by atoms with van der Waals surface area (Å²) in [6.45, 7) is 11.2. The Morgan fingerprint density at radius 2 is 1.92 bits per heavy atom. The van der Waals surface area contributed by atoms with Crippen LogP contribution in [0.25, 0.3) is 0 Å². The molecule has 0 heterocycles. The van der Waals surface area contributed by atoms with Gasteiger partial charge in [-0.25, -0.2) is 0 Å². The summed E-state index contributed by atoms with van der Waals surface area (Å²) in [6.07, 6.45) is 8.10. The highest BCUT2D eigenvalue weighted by Crippen LogP contribution is 2.21. The van der Waals surface area contributed by atoms with Gasteiger partial charge in [0.2, 0.25) is 0 Å². The molecule has 0 spiro atoms. The molecule has 1 unspecified atom stereocenters. The fraction of sp³-hybridized carbons (Fsp3) is 0.692. The highest BCUT2D eigenvalue weighted by Gasteiger charge is 2.04. The summed E-state index contributed by atoms with van der Waals surface area (Å²) in [5.41, 5.74) is 3.17. The van der Waals surface area contributed by atoms with Crippen LogP contribution in [0.1, 0.15) is 53.9 Å². The molecule has 0 aliphatic carbocycles. The summed E-state index contributed by atoms with van der Waals surface area (Å²) in [5.74, 6) is 0.711. The van der Waals surface area contributed by atoms with E-state index in [1.54, 1.807) is 11.1 Å². The Morgan fingerprint density at radius 3 is 2.38 bits per heavy atom. The van der Waals surface area contributed by atoms with Crippen molar-refractivity contribution in [3.8, 4) is 0 Å². The maximum Gasteiger partial charge on any atom is -0.0197 e. The normalized spacial score (nSPS) is 16.1. The van der Waals surface area contributed by atoms with Crippen molar-refractivity contribution in [2.45, 2.75) is 53.9 Å². The Labute approximate surface area is 83.7 Å². The smallest absolute Gasteiger partial charge is 0.0197 e. The molecule has 0 radical (unpaired) electrons. The van der Waals surface area contributed by atoms with Gasteiger partial charge in [-0.3, -0.25) is 0 Å². The van der Waals surface area contributed by atoms with Gasteiger partial charge in [-0.15, -0.1) is 0 Å². The lowest BCUT2D eigenvalue weighted by molar-refractivity contribution is 0.675. The zero-order valence-corrected chi connectivity index (χ0v) is 9.85. The number of hydrogen-bond donors (Lipinski definition) is 0. The summed E-state index contributed by atoms with van der Waals surface area (Å²) < 4.78 is 0. The Hall–Kier alpha value is -0.520. The summed E-state index contributed by atoms with van der Waals surface area (Å²) in [4.78, 5) is 0. The van der Waals surface area contributed by atoms with Crippen molar-refractivity contribution >= 4 is 0 Å². The second-order valence-corrected chi connectivity index (χ2v) is 3.92. The highest BCUT2D eigenvalue weighted by atomic mass is 14.1. The second kappa shape index (κ2) is 6.94. The van der Waals surface area contributed by atoms with Crippen LogP contribution < -0.4 is 0 Å². The molecule has 13 heavy (non-hydrogen) atoms. The molecule has 0 rings (SSSR count). The van der Waals surface area contributed by atoms with Crippen molar-refractivity contribution in [1.29, 1.82) is 0 Å². The quantitative estimate of drug-likeness (QED) is 0.537. The standard InChI is InChI=1S/C13H24/c1-6-8-10-12(4)13(5)11(3)9-7-2/h6,8,12H,7,9-10H2,1-5H3. The fourth-order valence-electron chi connectivity index (χ4n) is 1.51. The average molecular weight is 180 g/mol. The Balaban J connectivity index is 4.20. The van der Waals surface area contributed by atoms with E-state index in [0.29, 0.717) is 5.92 Å². The van der Waals surface area contributed by atoms with E-state index >= 15 is 0 Å². The van der Waals surface area contributed by atoms with Gasteiger partial charge in [0.25, 0.3) is 0 Å². The number of hydrogen-bond acceptors (Lipinski definition) is 0. The predicted octanol–water partition coefficient (Wildman–Crippen LogP) is 4.73. The first-order chi connectivity index (χ1) is 6.13. The van der Waals surface area contributed by atoms with Gasteiger partial charge >= 0.3 is 0 Å². The fourth-order valence-corrected chi connectivity index (χ4v) is 1.51. The monoisotopic (exact) mass is 180 g/mol. The van der Waals surface area contributed by atoms with Crippen molar-refractivity contribution in [1.82, 2.24) is 0 Å². The zero-order chi connectivity index (χ0) is 10.3. The largest absolute Gasteiger partial charge is 0.0916 e. The molecule has 0 N–H and O–H groups in total. The van der Waals surface area contributed by atoms with E-state index in [-0.39, 0.29) is 0 Å². The minimum atomic E-state index is 0.711. The summed E-state index contributed by atoms with van der Waals surface area (Å²) in [7, 11) is 0. The lowest BCUT2D eigenvalue weighted by Crippen LogP contribution is -1.97. The predicted molar refractivity (Wildman–Crippen MR) is 61.9 cm³/mol. The molecule has 0 aromatic carbocycles. The zero-order valence-electron chi connectivity index (χ0n) is 9.85. The van der Waals surface area contributed by atoms with Crippen LogP contribution in [0, 0.1) is 5.92 Å². The Kier molecular flexibility index (Phi) is 6.66. The molecule has 76 valence electrons. The molecule has 0 bridgehead atoms. The number of rotatable bonds is 5. The van der Waals surface area contributed by atoms with Gasteiger partial charge in [0.15, 0.2) is 0 Å². The van der Waals surface area contributed by atoms with Crippen LogP contribution >= 0.6 is 0 Å². The van der Waals surface area contributed by atoms with Gasteiger partial charge in [0.1, 0.15) is 0 Å². The first-order valence-electron chi connectivity index (χ1n) is 5.40. The molecular weight excluding hydrogens is 156 g/mol. The van der Waals surface area contributed by atoms with Crippen LogP contribution in [0.15, 0.2) is 23.3 Å². The molecule has 0 aromatic rings. The van der Waals surface area contributed by atoms with Gasteiger partial charge in [-0.05, 0) is 39.5 Å². The van der Waals surface area contributed by atoms with Crippen molar-refractivity contribution in [3.05, 3.63) is 23.3 Å². The lowest BCUT2D eigenvalue weighted by atomic mass is 9.93. The Morgan fingerprint density at radius 1 is 1.31 bits per heavy atom. The van der Waals surface area contributed by atoms with Crippen LogP contribution in [0.2, 0.25) is 0 Å². The summed E-state index contributed by atoms with van der Waals surface area (Å²) >= 11 is 0. The van der Waals surface area contributed by atoms with Crippen LogP contribution in [0.3, 0.4) is 0 Å². The Bertz CT molecular complexity index is 184. The maximum atomic E-state index is 2.31. The number of allylic oxidation sites excluding steroid dienone is 4.